The Kier molecular flexibility index (Phi) is 4.55. The Labute approximate surface area is 123 Å². The molecule has 1 aromatic carbocycles. The summed E-state index contributed by atoms with van der Waals surface area (Å²) in [5.74, 6) is 1.33. The fraction of sp³-hybridized carbons (Fsp3) is 0.333. The summed E-state index contributed by atoms with van der Waals surface area (Å²) in [7, 11) is 0. The van der Waals surface area contributed by atoms with E-state index in [1.54, 1.807) is 6.07 Å². The van der Waals surface area contributed by atoms with Crippen molar-refractivity contribution in [2.24, 2.45) is 0 Å². The molecule has 0 saturated carbocycles. The van der Waals surface area contributed by atoms with E-state index in [4.69, 9.17) is 11.6 Å². The number of nitrogens with one attached hydrogen (secondary N) is 1. The largest absolute Gasteiger partial charge is 0.370 e. The highest BCUT2D eigenvalue weighted by Gasteiger charge is 2.12. The van der Waals surface area contributed by atoms with Crippen LogP contribution in [-0.2, 0) is 0 Å². The van der Waals surface area contributed by atoms with Gasteiger partial charge < -0.3 is 5.32 Å². The SMILES string of the molecule is CCNc1cc(-c2ccc(F)cc2Cl)nc(C(C)C)n1. The first-order valence-corrected chi connectivity index (χ1v) is 6.97. The van der Waals surface area contributed by atoms with Gasteiger partial charge in [0.15, 0.2) is 0 Å². The third kappa shape index (κ3) is 3.25. The normalized spacial score (nSPS) is 10.9. The number of hydrogen-bond acceptors (Lipinski definition) is 3. The van der Waals surface area contributed by atoms with E-state index in [0.717, 1.165) is 18.2 Å². The average Bonchev–Trinajstić information content (AvgIpc) is 2.38. The van der Waals surface area contributed by atoms with Gasteiger partial charge in [-0.2, -0.15) is 0 Å². The van der Waals surface area contributed by atoms with Gasteiger partial charge in [-0.15, -0.1) is 0 Å². The van der Waals surface area contributed by atoms with Crippen molar-refractivity contribution in [3.63, 3.8) is 0 Å². The number of anilines is 1. The van der Waals surface area contributed by atoms with Crippen molar-refractivity contribution in [3.8, 4) is 11.3 Å². The van der Waals surface area contributed by atoms with Gasteiger partial charge in [-0.05, 0) is 25.1 Å². The van der Waals surface area contributed by atoms with Crippen LogP contribution in [0.15, 0.2) is 24.3 Å². The minimum absolute atomic E-state index is 0.201. The molecule has 0 radical (unpaired) electrons. The highest BCUT2D eigenvalue weighted by atomic mass is 35.5. The molecule has 0 fully saturated rings. The molecule has 2 rings (SSSR count). The van der Waals surface area contributed by atoms with Crippen molar-refractivity contribution >= 4 is 17.4 Å². The molecule has 0 aliphatic heterocycles. The third-order valence-corrected chi connectivity index (χ3v) is 3.14. The quantitative estimate of drug-likeness (QED) is 0.902. The summed E-state index contributed by atoms with van der Waals surface area (Å²) in [6, 6.07) is 6.14. The van der Waals surface area contributed by atoms with Gasteiger partial charge in [0.2, 0.25) is 0 Å². The molecule has 0 bridgehead atoms. The Morgan fingerprint density at radius 1 is 1.25 bits per heavy atom. The van der Waals surface area contributed by atoms with Crippen LogP contribution >= 0.6 is 11.6 Å². The van der Waals surface area contributed by atoms with Gasteiger partial charge in [-0.25, -0.2) is 14.4 Å². The molecule has 0 aliphatic carbocycles. The predicted molar refractivity (Wildman–Crippen MR) is 80.7 cm³/mol. The summed E-state index contributed by atoms with van der Waals surface area (Å²) in [5.41, 5.74) is 1.40. The van der Waals surface area contributed by atoms with Gasteiger partial charge in [-0.3, -0.25) is 0 Å². The second-order valence-electron chi connectivity index (χ2n) is 4.81. The molecule has 0 unspecified atom stereocenters. The zero-order valence-electron chi connectivity index (χ0n) is 11.7. The smallest absolute Gasteiger partial charge is 0.133 e. The fourth-order valence-corrected chi connectivity index (χ4v) is 2.09. The van der Waals surface area contributed by atoms with E-state index in [9.17, 15) is 4.39 Å². The number of aromatic nitrogens is 2. The minimum Gasteiger partial charge on any atom is -0.370 e. The van der Waals surface area contributed by atoms with E-state index < -0.39 is 0 Å². The minimum atomic E-state index is -0.358. The molecule has 1 N–H and O–H groups in total. The highest BCUT2D eigenvalue weighted by molar-refractivity contribution is 6.33. The van der Waals surface area contributed by atoms with Crippen molar-refractivity contribution in [3.05, 3.63) is 40.9 Å². The van der Waals surface area contributed by atoms with Crippen LogP contribution in [0.1, 0.15) is 32.5 Å². The van der Waals surface area contributed by atoms with Gasteiger partial charge >= 0.3 is 0 Å². The van der Waals surface area contributed by atoms with Crippen molar-refractivity contribution in [2.75, 3.05) is 11.9 Å². The molecule has 0 spiro atoms. The Hall–Kier alpha value is -1.68. The lowest BCUT2D eigenvalue weighted by Crippen LogP contribution is -2.06. The van der Waals surface area contributed by atoms with Gasteiger partial charge in [-0.1, -0.05) is 25.4 Å². The van der Waals surface area contributed by atoms with Gasteiger partial charge in [0.05, 0.1) is 10.7 Å². The molecule has 5 heteroatoms. The first kappa shape index (κ1) is 14.7. The zero-order valence-corrected chi connectivity index (χ0v) is 12.5. The van der Waals surface area contributed by atoms with Crippen LogP contribution in [0.4, 0.5) is 10.2 Å². The first-order valence-electron chi connectivity index (χ1n) is 6.59. The van der Waals surface area contributed by atoms with Gasteiger partial charge in [0.1, 0.15) is 17.5 Å². The Morgan fingerprint density at radius 2 is 2.00 bits per heavy atom. The number of benzene rings is 1. The van der Waals surface area contributed by atoms with Crippen LogP contribution in [0.2, 0.25) is 5.02 Å². The maximum absolute atomic E-state index is 13.1. The third-order valence-electron chi connectivity index (χ3n) is 2.82. The molecular formula is C15H17ClFN3. The van der Waals surface area contributed by atoms with Gasteiger partial charge in [0.25, 0.3) is 0 Å². The second-order valence-corrected chi connectivity index (χ2v) is 5.21. The van der Waals surface area contributed by atoms with E-state index in [1.165, 1.54) is 12.1 Å². The van der Waals surface area contributed by atoms with E-state index in [0.29, 0.717) is 16.3 Å². The van der Waals surface area contributed by atoms with Crippen LogP contribution in [-0.4, -0.2) is 16.5 Å². The molecule has 0 aliphatic rings. The molecule has 0 saturated heterocycles. The average molecular weight is 294 g/mol. The lowest BCUT2D eigenvalue weighted by atomic mass is 10.1. The highest BCUT2D eigenvalue weighted by Crippen LogP contribution is 2.29. The summed E-state index contributed by atoms with van der Waals surface area (Å²) in [6.45, 7) is 6.83. The van der Waals surface area contributed by atoms with Crippen molar-refractivity contribution in [1.29, 1.82) is 0 Å². The number of nitrogens with zero attached hydrogens (tertiary/aromatic N) is 2. The van der Waals surface area contributed by atoms with Crippen molar-refractivity contribution < 1.29 is 4.39 Å². The fourth-order valence-electron chi connectivity index (χ4n) is 1.83. The molecule has 0 amide bonds. The summed E-state index contributed by atoms with van der Waals surface area (Å²) in [4.78, 5) is 8.97. The van der Waals surface area contributed by atoms with Crippen LogP contribution < -0.4 is 5.32 Å². The summed E-state index contributed by atoms with van der Waals surface area (Å²) >= 11 is 6.10. The summed E-state index contributed by atoms with van der Waals surface area (Å²) in [5, 5.41) is 3.52. The van der Waals surface area contributed by atoms with E-state index in [2.05, 4.69) is 15.3 Å². The Balaban J connectivity index is 2.54. The Bertz CT molecular complexity index is 614. The molecule has 0 atom stereocenters. The molecule has 20 heavy (non-hydrogen) atoms. The van der Waals surface area contributed by atoms with Crippen LogP contribution in [0.25, 0.3) is 11.3 Å². The topological polar surface area (TPSA) is 37.8 Å². The van der Waals surface area contributed by atoms with E-state index >= 15 is 0 Å². The molecular weight excluding hydrogens is 277 g/mol. The van der Waals surface area contributed by atoms with Crippen molar-refractivity contribution in [1.82, 2.24) is 9.97 Å². The number of halogens is 2. The van der Waals surface area contributed by atoms with Crippen LogP contribution in [0, 0.1) is 5.82 Å². The van der Waals surface area contributed by atoms with Crippen LogP contribution in [0.3, 0.4) is 0 Å². The summed E-state index contributed by atoms with van der Waals surface area (Å²) in [6.07, 6.45) is 0. The Morgan fingerprint density at radius 3 is 2.60 bits per heavy atom. The van der Waals surface area contributed by atoms with Crippen LogP contribution in [0.5, 0.6) is 0 Å². The lowest BCUT2D eigenvalue weighted by molar-refractivity contribution is 0.628. The van der Waals surface area contributed by atoms with Gasteiger partial charge in [0, 0.05) is 24.1 Å². The molecule has 2 aromatic rings. The van der Waals surface area contributed by atoms with E-state index in [1.807, 2.05) is 26.8 Å². The standard InChI is InChI=1S/C15H17ClFN3/c1-4-18-14-8-13(19-15(20-14)9(2)3)11-6-5-10(17)7-12(11)16/h5-9H,4H2,1-3H3,(H,18,19,20). The monoisotopic (exact) mass is 293 g/mol. The molecule has 1 aromatic heterocycles. The molecule has 1 heterocycles. The molecule has 3 nitrogen and oxygen atoms in total. The molecule has 106 valence electrons. The maximum atomic E-state index is 13.1. The zero-order chi connectivity index (χ0) is 14.7. The van der Waals surface area contributed by atoms with E-state index in [-0.39, 0.29) is 11.7 Å². The van der Waals surface area contributed by atoms with Crippen molar-refractivity contribution in [2.45, 2.75) is 26.7 Å². The number of rotatable bonds is 4. The number of hydrogen-bond donors (Lipinski definition) is 1. The lowest BCUT2D eigenvalue weighted by Gasteiger charge is -2.12. The second kappa shape index (κ2) is 6.18. The first-order chi connectivity index (χ1) is 9.51. The predicted octanol–water partition coefficient (Wildman–Crippen LogP) is 4.49. The summed E-state index contributed by atoms with van der Waals surface area (Å²) < 4.78 is 13.1. The maximum Gasteiger partial charge on any atom is 0.133 e.